The van der Waals surface area contributed by atoms with Gasteiger partial charge in [0.15, 0.2) is 6.10 Å². The Kier molecular flexibility index (Phi) is 8.32. The lowest BCUT2D eigenvalue weighted by Crippen LogP contribution is -2.26. The number of nitrogens with zero attached hydrogens (tertiary/aromatic N) is 1. The highest BCUT2D eigenvalue weighted by Gasteiger charge is 2.17. The average Bonchev–Trinajstić information content (AvgIpc) is 2.69. The molecule has 6 heteroatoms. The molecule has 144 valence electrons. The number of carboxylic acids is 1. The van der Waals surface area contributed by atoms with Crippen molar-refractivity contribution in [3.63, 3.8) is 0 Å². The van der Waals surface area contributed by atoms with Gasteiger partial charge in [-0.25, -0.2) is 4.79 Å². The van der Waals surface area contributed by atoms with E-state index in [1.165, 1.54) is 0 Å². The van der Waals surface area contributed by atoms with Crippen LogP contribution >= 0.6 is 0 Å². The molecule has 0 heterocycles. The van der Waals surface area contributed by atoms with Crippen molar-refractivity contribution < 1.29 is 24.2 Å². The minimum atomic E-state index is -0.961. The summed E-state index contributed by atoms with van der Waals surface area (Å²) in [5.74, 6) is -0.293. The summed E-state index contributed by atoms with van der Waals surface area (Å²) >= 11 is 0. The van der Waals surface area contributed by atoms with Gasteiger partial charge in [-0.3, -0.25) is 0 Å². The Morgan fingerprint density at radius 1 is 1.04 bits per heavy atom. The number of rotatable bonds is 11. The Hall–Kier alpha value is -2.86. The largest absolute Gasteiger partial charge is 0.487 e. The molecule has 6 nitrogen and oxygen atoms in total. The summed E-state index contributed by atoms with van der Waals surface area (Å²) in [6, 6.07) is 17.0. The van der Waals surface area contributed by atoms with E-state index >= 15 is 0 Å². The zero-order valence-corrected chi connectivity index (χ0v) is 15.6. The molecule has 1 atom stereocenters. The topological polar surface area (TPSA) is 77.3 Å². The first-order valence-corrected chi connectivity index (χ1v) is 8.94. The number of aliphatic carboxylic acids is 1. The molecule has 0 aliphatic heterocycles. The van der Waals surface area contributed by atoms with Gasteiger partial charge in [0.25, 0.3) is 0 Å². The van der Waals surface area contributed by atoms with E-state index in [0.717, 1.165) is 11.1 Å². The van der Waals surface area contributed by atoms with E-state index < -0.39 is 12.1 Å². The van der Waals surface area contributed by atoms with Crippen LogP contribution in [0.5, 0.6) is 5.75 Å². The molecule has 0 saturated carbocycles. The molecule has 1 N–H and O–H groups in total. The molecule has 0 fully saturated rings. The van der Waals surface area contributed by atoms with Crippen LogP contribution in [0, 0.1) is 0 Å². The van der Waals surface area contributed by atoms with Gasteiger partial charge in [-0.05, 0) is 31.5 Å². The number of carboxylic acid groups (broad SMARTS) is 1. The predicted octanol–water partition coefficient (Wildman–Crippen LogP) is 3.54. The summed E-state index contributed by atoms with van der Waals surface area (Å²) in [5, 5.41) is 13.3. The van der Waals surface area contributed by atoms with Crippen molar-refractivity contribution in [3.8, 4) is 5.75 Å². The highest BCUT2D eigenvalue weighted by molar-refractivity contribution is 6.01. The summed E-state index contributed by atoms with van der Waals surface area (Å²) in [5.41, 5.74) is 2.50. The first kappa shape index (κ1) is 20.5. The number of oxime groups is 1. The Labute approximate surface area is 159 Å². The summed E-state index contributed by atoms with van der Waals surface area (Å²) < 4.78 is 11.1. The van der Waals surface area contributed by atoms with Crippen LogP contribution in [0.2, 0.25) is 0 Å². The van der Waals surface area contributed by atoms with E-state index in [-0.39, 0.29) is 6.61 Å². The Morgan fingerprint density at radius 3 is 2.33 bits per heavy atom. The minimum absolute atomic E-state index is 0.264. The molecule has 0 saturated heterocycles. The normalized spacial score (nSPS) is 12.4. The molecule has 0 aliphatic carbocycles. The van der Waals surface area contributed by atoms with Crippen molar-refractivity contribution in [1.82, 2.24) is 0 Å². The van der Waals surface area contributed by atoms with Crippen molar-refractivity contribution >= 4 is 11.7 Å². The highest BCUT2D eigenvalue weighted by atomic mass is 16.6. The summed E-state index contributed by atoms with van der Waals surface area (Å²) in [6.45, 7) is 4.76. The van der Waals surface area contributed by atoms with E-state index in [0.29, 0.717) is 31.1 Å². The molecule has 2 rings (SSSR count). The second kappa shape index (κ2) is 11.0. The standard InChI is InChI=1S/C21H25NO5/c1-3-25-20(21(23)24)14-16-10-12-18(13-11-16)26-15-19(22-27-4-2)17-8-6-5-7-9-17/h5-13,20H,3-4,14-15H2,1-2H3,(H,23,24). The maximum Gasteiger partial charge on any atom is 0.333 e. The molecule has 27 heavy (non-hydrogen) atoms. The van der Waals surface area contributed by atoms with Gasteiger partial charge in [0, 0.05) is 18.6 Å². The maximum atomic E-state index is 11.2. The van der Waals surface area contributed by atoms with Crippen LogP contribution in [0.4, 0.5) is 0 Å². The van der Waals surface area contributed by atoms with Gasteiger partial charge in [0.1, 0.15) is 24.7 Å². The summed E-state index contributed by atoms with van der Waals surface area (Å²) in [6.07, 6.45) is -0.533. The van der Waals surface area contributed by atoms with Crippen molar-refractivity contribution in [2.24, 2.45) is 5.16 Å². The number of hydrogen-bond donors (Lipinski definition) is 1. The van der Waals surface area contributed by atoms with Gasteiger partial charge < -0.3 is 19.4 Å². The number of benzene rings is 2. The highest BCUT2D eigenvalue weighted by Crippen LogP contribution is 2.15. The second-order valence-electron chi connectivity index (χ2n) is 5.74. The lowest BCUT2D eigenvalue weighted by atomic mass is 10.1. The van der Waals surface area contributed by atoms with Crippen molar-refractivity contribution in [2.75, 3.05) is 19.8 Å². The molecule has 2 aromatic carbocycles. The minimum Gasteiger partial charge on any atom is -0.487 e. The first-order valence-electron chi connectivity index (χ1n) is 8.94. The summed E-state index contributed by atoms with van der Waals surface area (Å²) in [4.78, 5) is 16.4. The van der Waals surface area contributed by atoms with Gasteiger partial charge in [0.2, 0.25) is 0 Å². The van der Waals surface area contributed by atoms with Gasteiger partial charge in [-0.1, -0.05) is 47.6 Å². The molecule has 0 spiro atoms. The monoisotopic (exact) mass is 371 g/mol. The van der Waals surface area contributed by atoms with Crippen molar-refractivity contribution in [2.45, 2.75) is 26.4 Å². The molecular weight excluding hydrogens is 346 g/mol. The van der Waals surface area contributed by atoms with Crippen molar-refractivity contribution in [3.05, 3.63) is 65.7 Å². The molecule has 0 bridgehead atoms. The van der Waals surface area contributed by atoms with Crippen LogP contribution in [-0.2, 0) is 20.8 Å². The SMILES string of the molecule is CCON=C(COc1ccc(CC(OCC)C(=O)O)cc1)c1ccccc1. The van der Waals surface area contributed by atoms with Gasteiger partial charge in [-0.15, -0.1) is 0 Å². The third-order valence-electron chi connectivity index (χ3n) is 3.77. The molecular formula is C21H25NO5. The zero-order chi connectivity index (χ0) is 19.5. The van der Waals surface area contributed by atoms with Crippen LogP contribution in [0.1, 0.15) is 25.0 Å². The van der Waals surface area contributed by atoms with Crippen LogP contribution in [0.3, 0.4) is 0 Å². The third kappa shape index (κ3) is 6.75. The number of ether oxygens (including phenoxy) is 2. The fraction of sp³-hybridized carbons (Fsp3) is 0.333. The average molecular weight is 371 g/mol. The zero-order valence-electron chi connectivity index (χ0n) is 15.6. The van der Waals surface area contributed by atoms with E-state index in [2.05, 4.69) is 5.16 Å². The van der Waals surface area contributed by atoms with Gasteiger partial charge in [-0.2, -0.15) is 0 Å². The number of carbonyl (C=O) groups is 1. The Bertz CT molecular complexity index is 728. The smallest absolute Gasteiger partial charge is 0.333 e. The maximum absolute atomic E-state index is 11.2. The first-order chi connectivity index (χ1) is 13.1. The van der Waals surface area contributed by atoms with Gasteiger partial charge >= 0.3 is 5.97 Å². The molecule has 0 amide bonds. The lowest BCUT2D eigenvalue weighted by Gasteiger charge is -2.13. The van der Waals surface area contributed by atoms with E-state index in [1.807, 2.05) is 61.5 Å². The quantitative estimate of drug-likeness (QED) is 0.483. The van der Waals surface area contributed by atoms with E-state index in [9.17, 15) is 4.79 Å². The van der Waals surface area contributed by atoms with E-state index in [4.69, 9.17) is 19.4 Å². The third-order valence-corrected chi connectivity index (χ3v) is 3.77. The Morgan fingerprint density at radius 2 is 1.74 bits per heavy atom. The van der Waals surface area contributed by atoms with Crippen LogP contribution in [-0.4, -0.2) is 42.7 Å². The lowest BCUT2D eigenvalue weighted by molar-refractivity contribution is -0.149. The fourth-order valence-electron chi connectivity index (χ4n) is 2.44. The molecule has 1 unspecified atom stereocenters. The van der Waals surface area contributed by atoms with Crippen LogP contribution in [0.15, 0.2) is 59.8 Å². The molecule has 2 aromatic rings. The predicted molar refractivity (Wildman–Crippen MR) is 103 cm³/mol. The van der Waals surface area contributed by atoms with Crippen LogP contribution < -0.4 is 4.74 Å². The molecule has 0 aliphatic rings. The Balaban J connectivity index is 1.99. The number of hydrogen-bond acceptors (Lipinski definition) is 5. The van der Waals surface area contributed by atoms with E-state index in [1.54, 1.807) is 6.92 Å². The fourth-order valence-corrected chi connectivity index (χ4v) is 2.44. The molecule has 0 radical (unpaired) electrons. The van der Waals surface area contributed by atoms with Crippen molar-refractivity contribution in [1.29, 1.82) is 0 Å². The summed E-state index contributed by atoms with van der Waals surface area (Å²) in [7, 11) is 0. The van der Waals surface area contributed by atoms with Crippen LogP contribution in [0.25, 0.3) is 0 Å². The molecule has 0 aromatic heterocycles. The second-order valence-corrected chi connectivity index (χ2v) is 5.74. The van der Waals surface area contributed by atoms with Gasteiger partial charge in [0.05, 0.1) is 0 Å².